The fourth-order valence-electron chi connectivity index (χ4n) is 0.502. The lowest BCUT2D eigenvalue weighted by molar-refractivity contribution is 1.17. The van der Waals surface area contributed by atoms with Gasteiger partial charge in [0, 0.05) is 0 Å². The predicted molar refractivity (Wildman–Crippen MR) is 57.9 cm³/mol. The largest absolute Gasteiger partial charge is 0.342 e. The molecule has 0 amide bonds. The minimum absolute atomic E-state index is 0.0949. The summed E-state index contributed by atoms with van der Waals surface area (Å²) in [5.74, 6) is 0. The first-order valence-corrected chi connectivity index (χ1v) is 5.63. The molecule has 0 aliphatic heterocycles. The quantitative estimate of drug-likeness (QED) is 0.653. The molecule has 1 aromatic rings. The van der Waals surface area contributed by atoms with E-state index < -0.39 is 0 Å². The summed E-state index contributed by atoms with van der Waals surface area (Å²) in [7, 11) is 0. The van der Waals surface area contributed by atoms with Crippen LogP contribution >= 0.6 is 63.7 Å². The van der Waals surface area contributed by atoms with Gasteiger partial charge in [-0.3, -0.25) is 4.79 Å². The maximum absolute atomic E-state index is 11.2. The van der Waals surface area contributed by atoms with Crippen LogP contribution in [-0.4, -0.2) is 4.98 Å². The van der Waals surface area contributed by atoms with Crippen LogP contribution in [0.4, 0.5) is 0 Å². The number of hydrogen-bond acceptors (Lipinski definition) is 1. The molecular formula is C5HBr4NO. The average molecular weight is 411 g/mol. The first-order chi connectivity index (χ1) is 5.04. The Bertz CT molecular complexity index is 316. The van der Waals surface area contributed by atoms with Crippen molar-refractivity contribution in [2.24, 2.45) is 0 Å². The summed E-state index contributed by atoms with van der Waals surface area (Å²) in [5.41, 5.74) is -0.0949. The highest BCUT2D eigenvalue weighted by molar-refractivity contribution is 9.13. The van der Waals surface area contributed by atoms with Gasteiger partial charge < -0.3 is 4.98 Å². The molecule has 0 aliphatic carbocycles. The lowest BCUT2D eigenvalue weighted by Crippen LogP contribution is -2.05. The second-order valence-electron chi connectivity index (χ2n) is 1.71. The zero-order chi connectivity index (χ0) is 8.59. The van der Waals surface area contributed by atoms with Crippen LogP contribution in [0.5, 0.6) is 0 Å². The summed E-state index contributed by atoms with van der Waals surface area (Å²) in [4.78, 5) is 14.1. The van der Waals surface area contributed by atoms with E-state index in [4.69, 9.17) is 0 Å². The molecule has 0 saturated carbocycles. The van der Waals surface area contributed by atoms with Crippen LogP contribution in [0.2, 0.25) is 0 Å². The lowest BCUT2D eigenvalue weighted by Gasteiger charge is -1.99. The molecule has 60 valence electrons. The number of pyridine rings is 1. The molecule has 1 heterocycles. The number of H-pyrrole nitrogens is 1. The number of aromatic amines is 1. The van der Waals surface area contributed by atoms with Gasteiger partial charge in [0.2, 0.25) is 5.43 Å². The van der Waals surface area contributed by atoms with Crippen molar-refractivity contribution in [2.75, 3.05) is 0 Å². The Hall–Kier alpha value is 0.870. The molecule has 2 nitrogen and oxygen atoms in total. The highest BCUT2D eigenvalue weighted by Gasteiger charge is 2.08. The van der Waals surface area contributed by atoms with E-state index in [1.807, 2.05) is 0 Å². The number of rotatable bonds is 0. The Balaban J connectivity index is 3.59. The van der Waals surface area contributed by atoms with Crippen molar-refractivity contribution in [2.45, 2.75) is 0 Å². The molecule has 6 heteroatoms. The predicted octanol–water partition coefficient (Wildman–Crippen LogP) is 3.42. The number of aromatic nitrogens is 1. The molecule has 0 atom stereocenters. The third-order valence-electron chi connectivity index (χ3n) is 1.00. The van der Waals surface area contributed by atoms with Crippen molar-refractivity contribution in [3.8, 4) is 0 Å². The van der Waals surface area contributed by atoms with Crippen LogP contribution in [-0.2, 0) is 0 Å². The van der Waals surface area contributed by atoms with E-state index in [0.717, 1.165) is 0 Å². The van der Waals surface area contributed by atoms with Crippen LogP contribution in [0.15, 0.2) is 22.9 Å². The highest BCUT2D eigenvalue weighted by Crippen LogP contribution is 2.24. The Labute approximate surface area is 96.3 Å². The van der Waals surface area contributed by atoms with Gasteiger partial charge in [0.05, 0.1) is 8.95 Å². The Kier molecular flexibility index (Phi) is 3.37. The van der Waals surface area contributed by atoms with Crippen molar-refractivity contribution in [1.29, 1.82) is 0 Å². The molecule has 0 fully saturated rings. The van der Waals surface area contributed by atoms with Gasteiger partial charge in [-0.05, 0) is 63.7 Å². The maximum atomic E-state index is 11.2. The molecule has 11 heavy (non-hydrogen) atoms. The Morgan fingerprint density at radius 2 is 1.27 bits per heavy atom. The second kappa shape index (κ2) is 3.72. The summed E-state index contributed by atoms with van der Waals surface area (Å²) in [5, 5.41) is 0. The van der Waals surface area contributed by atoms with Gasteiger partial charge in [-0.1, -0.05) is 0 Å². The molecule has 0 aliphatic rings. The summed E-state index contributed by atoms with van der Waals surface area (Å²) in [6, 6.07) is 0. The van der Waals surface area contributed by atoms with Crippen molar-refractivity contribution in [3.63, 3.8) is 0 Å². The smallest absolute Gasteiger partial charge is 0.212 e. The normalized spacial score (nSPS) is 10.2. The number of nitrogens with one attached hydrogen (secondary N) is 1. The van der Waals surface area contributed by atoms with Crippen LogP contribution in [0.25, 0.3) is 0 Å². The average Bonchev–Trinajstić information content (AvgIpc) is 1.97. The van der Waals surface area contributed by atoms with Crippen LogP contribution in [0, 0.1) is 0 Å². The fourth-order valence-corrected chi connectivity index (χ4v) is 2.39. The molecule has 1 N–H and O–H groups in total. The van der Waals surface area contributed by atoms with Gasteiger partial charge in [-0.25, -0.2) is 0 Å². The molecule has 0 spiro atoms. The third kappa shape index (κ3) is 1.96. The van der Waals surface area contributed by atoms with Gasteiger partial charge in [-0.15, -0.1) is 0 Å². The summed E-state index contributed by atoms with van der Waals surface area (Å²) in [6.45, 7) is 0. The van der Waals surface area contributed by atoms with E-state index in [0.29, 0.717) is 18.2 Å². The molecule has 0 aromatic carbocycles. The standard InChI is InChI=1S/C5HBr4NO/c6-1-3(11)2(7)5(9)10-4(1)8/h(H,10,11). The number of hydrogen-bond donors (Lipinski definition) is 1. The monoisotopic (exact) mass is 407 g/mol. The zero-order valence-electron chi connectivity index (χ0n) is 4.92. The fraction of sp³-hybridized carbons (Fsp3) is 0. The van der Waals surface area contributed by atoms with E-state index in [2.05, 4.69) is 68.7 Å². The van der Waals surface area contributed by atoms with Gasteiger partial charge in [0.1, 0.15) is 9.21 Å². The van der Waals surface area contributed by atoms with E-state index >= 15 is 0 Å². The van der Waals surface area contributed by atoms with Crippen molar-refractivity contribution < 1.29 is 0 Å². The first kappa shape index (κ1) is 9.95. The minimum Gasteiger partial charge on any atom is -0.342 e. The maximum Gasteiger partial charge on any atom is 0.212 e. The Morgan fingerprint density at radius 1 is 0.909 bits per heavy atom. The van der Waals surface area contributed by atoms with Crippen molar-refractivity contribution >= 4 is 63.7 Å². The summed E-state index contributed by atoms with van der Waals surface area (Å²) >= 11 is 12.6. The first-order valence-electron chi connectivity index (χ1n) is 2.46. The third-order valence-corrected chi connectivity index (χ3v) is 4.77. The molecular weight excluding hydrogens is 410 g/mol. The van der Waals surface area contributed by atoms with E-state index in [-0.39, 0.29) is 5.43 Å². The van der Waals surface area contributed by atoms with Gasteiger partial charge >= 0.3 is 0 Å². The SMILES string of the molecule is O=c1c(Br)c(Br)[nH]c(Br)c1Br. The molecule has 0 radical (unpaired) electrons. The lowest BCUT2D eigenvalue weighted by atomic mass is 10.5. The summed E-state index contributed by atoms with van der Waals surface area (Å²) in [6.07, 6.45) is 0. The Morgan fingerprint density at radius 3 is 1.64 bits per heavy atom. The van der Waals surface area contributed by atoms with Crippen molar-refractivity contribution in [3.05, 3.63) is 28.4 Å². The molecule has 0 bridgehead atoms. The second-order valence-corrected chi connectivity index (χ2v) is 4.88. The topological polar surface area (TPSA) is 32.9 Å². The summed E-state index contributed by atoms with van der Waals surface area (Å²) < 4.78 is 2.20. The molecule has 0 saturated heterocycles. The van der Waals surface area contributed by atoms with Crippen LogP contribution in [0.1, 0.15) is 0 Å². The van der Waals surface area contributed by atoms with Gasteiger partial charge in [0.25, 0.3) is 0 Å². The zero-order valence-corrected chi connectivity index (χ0v) is 11.3. The molecule has 1 aromatic heterocycles. The molecule has 0 unspecified atom stereocenters. The number of halogens is 4. The van der Waals surface area contributed by atoms with E-state index in [1.165, 1.54) is 0 Å². The van der Waals surface area contributed by atoms with Crippen molar-refractivity contribution in [1.82, 2.24) is 4.98 Å². The van der Waals surface area contributed by atoms with E-state index in [9.17, 15) is 4.79 Å². The van der Waals surface area contributed by atoms with E-state index in [1.54, 1.807) is 0 Å². The van der Waals surface area contributed by atoms with Gasteiger partial charge in [0.15, 0.2) is 0 Å². The van der Waals surface area contributed by atoms with Crippen LogP contribution in [0.3, 0.4) is 0 Å². The highest BCUT2D eigenvalue weighted by atomic mass is 79.9. The van der Waals surface area contributed by atoms with Crippen LogP contribution < -0.4 is 5.43 Å². The van der Waals surface area contributed by atoms with Gasteiger partial charge in [-0.2, -0.15) is 0 Å². The minimum atomic E-state index is -0.0949. The molecule has 1 rings (SSSR count).